The summed E-state index contributed by atoms with van der Waals surface area (Å²) in [6.45, 7) is 2.83. The molecule has 5 nitrogen and oxygen atoms in total. The molecule has 1 amide bonds. The molecule has 1 heterocycles. The van der Waals surface area contributed by atoms with Gasteiger partial charge in [0.25, 0.3) is 0 Å². The van der Waals surface area contributed by atoms with Crippen molar-refractivity contribution in [2.45, 2.75) is 32.6 Å². The molecule has 23 heavy (non-hydrogen) atoms. The molecule has 1 aromatic rings. The van der Waals surface area contributed by atoms with Crippen LogP contribution in [0.5, 0.6) is 11.5 Å². The van der Waals surface area contributed by atoms with Gasteiger partial charge in [-0.25, -0.2) is 0 Å². The summed E-state index contributed by atoms with van der Waals surface area (Å²) in [7, 11) is 1.81. The Morgan fingerprint density at radius 1 is 1.22 bits per heavy atom. The molecule has 2 N–H and O–H groups in total. The van der Waals surface area contributed by atoms with Gasteiger partial charge in [0, 0.05) is 0 Å². The van der Waals surface area contributed by atoms with E-state index in [4.69, 9.17) is 0 Å². The fraction of sp³-hybridized carbons (Fsp3) is 0.412. The fourth-order valence-corrected chi connectivity index (χ4v) is 3.09. The number of carbonyl (C=O) groups excluding carboxylic acids is 1. The topological polar surface area (TPSA) is 64.0 Å². The molecule has 1 aromatic carbocycles. The number of likely N-dealkylation sites (N-methyl/N-ethyl adjacent to an activating group) is 1. The van der Waals surface area contributed by atoms with E-state index in [2.05, 4.69) is 22.5 Å². The summed E-state index contributed by atoms with van der Waals surface area (Å²) in [4.78, 5) is 16.1. The number of hydrogen-bond donors (Lipinski definition) is 2. The summed E-state index contributed by atoms with van der Waals surface area (Å²) in [6.07, 6.45) is 5.98. The van der Waals surface area contributed by atoms with Crippen molar-refractivity contribution < 1.29 is 15.0 Å². The summed E-state index contributed by atoms with van der Waals surface area (Å²) in [5, 5.41) is 19.5. The van der Waals surface area contributed by atoms with Crippen LogP contribution in [0.15, 0.2) is 23.9 Å². The Kier molecular flexibility index (Phi) is 5.85. The number of rotatable bonds is 6. The standard InChI is InChI=1S/C17H22N2O3Se/c1-3-4-5-6-10-19-16(22)13(18(2)17(19)23)11-12-8-7-9-14(20)15(12)21/h7-9,11,20-21H,3-6,10H2,1-2H3/b13-11+. The molecule has 0 aromatic heterocycles. The van der Waals surface area contributed by atoms with Gasteiger partial charge in [-0.3, -0.25) is 0 Å². The van der Waals surface area contributed by atoms with Gasteiger partial charge in [-0.15, -0.1) is 0 Å². The van der Waals surface area contributed by atoms with E-state index in [1.807, 2.05) is 0 Å². The Bertz CT molecular complexity index is 643. The zero-order valence-corrected chi connectivity index (χ0v) is 15.2. The van der Waals surface area contributed by atoms with E-state index in [0.29, 0.717) is 17.8 Å². The van der Waals surface area contributed by atoms with Crippen LogP contribution in [0.25, 0.3) is 6.08 Å². The molecule has 2 rings (SSSR count). The first-order chi connectivity index (χ1) is 11.0. The van der Waals surface area contributed by atoms with Gasteiger partial charge in [0.05, 0.1) is 0 Å². The van der Waals surface area contributed by atoms with Crippen LogP contribution in [-0.2, 0) is 4.79 Å². The van der Waals surface area contributed by atoms with E-state index < -0.39 is 0 Å². The Labute approximate surface area is 144 Å². The molecule has 0 spiro atoms. The Balaban J connectivity index is 2.20. The van der Waals surface area contributed by atoms with Crippen LogP contribution in [0.3, 0.4) is 0 Å². The molecule has 124 valence electrons. The average Bonchev–Trinajstić information content (AvgIpc) is 2.73. The zero-order valence-electron chi connectivity index (χ0n) is 13.5. The minimum absolute atomic E-state index is 0.0968. The molecule has 1 aliphatic heterocycles. The molecule has 0 bridgehead atoms. The van der Waals surface area contributed by atoms with Crippen molar-refractivity contribution in [3.8, 4) is 11.5 Å². The SMILES string of the molecule is CCCCCCN1C(=O)/C(=C\c2cccc(O)c2O)N(C)C1=[Se]. The predicted octanol–water partition coefficient (Wildman–Crippen LogP) is 2.05. The Hall–Kier alpha value is -1.78. The number of benzene rings is 1. The molecule has 1 fully saturated rings. The molecule has 0 saturated carbocycles. The Morgan fingerprint density at radius 2 is 1.96 bits per heavy atom. The molecule has 0 atom stereocenters. The van der Waals surface area contributed by atoms with Crippen LogP contribution in [0.4, 0.5) is 0 Å². The molecule has 0 aliphatic carbocycles. The second-order valence-electron chi connectivity index (χ2n) is 5.60. The van der Waals surface area contributed by atoms with Crippen LogP contribution in [0.1, 0.15) is 38.2 Å². The van der Waals surface area contributed by atoms with E-state index in [0.717, 1.165) is 23.9 Å². The minimum atomic E-state index is -0.218. The van der Waals surface area contributed by atoms with Gasteiger partial charge in [-0.2, -0.15) is 0 Å². The average molecular weight is 381 g/mol. The van der Waals surface area contributed by atoms with Crippen molar-refractivity contribution in [1.82, 2.24) is 9.80 Å². The summed E-state index contributed by atoms with van der Waals surface area (Å²) >= 11 is 2.95. The number of hydrogen-bond acceptors (Lipinski definition) is 4. The van der Waals surface area contributed by atoms with Crippen LogP contribution >= 0.6 is 0 Å². The summed E-state index contributed by atoms with van der Waals surface area (Å²) < 4.78 is 0.761. The monoisotopic (exact) mass is 382 g/mol. The van der Waals surface area contributed by atoms with Gasteiger partial charge in [0.1, 0.15) is 0 Å². The van der Waals surface area contributed by atoms with Crippen molar-refractivity contribution in [3.05, 3.63) is 29.5 Å². The summed E-state index contributed by atoms with van der Waals surface area (Å²) in [5.41, 5.74) is 0.885. The first-order valence-electron chi connectivity index (χ1n) is 7.79. The van der Waals surface area contributed by atoms with E-state index in [1.54, 1.807) is 35.1 Å². The van der Waals surface area contributed by atoms with Gasteiger partial charge < -0.3 is 0 Å². The molecule has 1 saturated heterocycles. The number of aromatic hydroxyl groups is 2. The number of nitrogens with zero attached hydrogens (tertiary/aromatic N) is 2. The molecule has 6 heteroatoms. The quantitative estimate of drug-likeness (QED) is 0.343. The second-order valence-corrected chi connectivity index (χ2v) is 6.37. The number of phenolic OH excluding ortho intramolecular Hbond substituents is 2. The van der Waals surface area contributed by atoms with Crippen molar-refractivity contribution in [2.24, 2.45) is 0 Å². The number of amides is 1. The molecule has 1 aliphatic rings. The van der Waals surface area contributed by atoms with Gasteiger partial charge in [0.15, 0.2) is 0 Å². The van der Waals surface area contributed by atoms with E-state index in [1.165, 1.54) is 12.5 Å². The van der Waals surface area contributed by atoms with Gasteiger partial charge >= 0.3 is 144 Å². The molecule has 0 radical (unpaired) electrons. The van der Waals surface area contributed by atoms with Crippen molar-refractivity contribution in [1.29, 1.82) is 0 Å². The number of phenols is 2. The normalized spacial score (nSPS) is 16.7. The summed E-state index contributed by atoms with van der Waals surface area (Å²) in [5.74, 6) is -0.513. The first-order valence-corrected chi connectivity index (χ1v) is 8.65. The first kappa shape index (κ1) is 17.6. The molecule has 0 unspecified atom stereocenters. The van der Waals surface area contributed by atoms with Gasteiger partial charge in [-0.1, -0.05) is 0 Å². The number of para-hydroxylation sites is 1. The van der Waals surface area contributed by atoms with Crippen LogP contribution in [0, 0.1) is 0 Å². The number of unbranched alkanes of at least 4 members (excludes halogenated alkanes) is 3. The van der Waals surface area contributed by atoms with Crippen LogP contribution in [0.2, 0.25) is 0 Å². The van der Waals surface area contributed by atoms with Gasteiger partial charge in [0.2, 0.25) is 0 Å². The van der Waals surface area contributed by atoms with Crippen LogP contribution in [-0.4, -0.2) is 59.8 Å². The van der Waals surface area contributed by atoms with E-state index >= 15 is 0 Å². The van der Waals surface area contributed by atoms with E-state index in [9.17, 15) is 15.0 Å². The maximum atomic E-state index is 12.6. The third-order valence-corrected chi connectivity index (χ3v) is 4.95. The number of carbonyl (C=O) groups is 1. The van der Waals surface area contributed by atoms with Crippen molar-refractivity contribution >= 4 is 32.2 Å². The molecular weight excluding hydrogens is 359 g/mol. The second kappa shape index (κ2) is 7.66. The maximum absolute atomic E-state index is 12.6. The zero-order chi connectivity index (χ0) is 17.0. The van der Waals surface area contributed by atoms with Crippen molar-refractivity contribution in [2.75, 3.05) is 13.6 Å². The fourth-order valence-electron chi connectivity index (χ4n) is 2.52. The third-order valence-electron chi connectivity index (χ3n) is 3.92. The van der Waals surface area contributed by atoms with Crippen LogP contribution < -0.4 is 0 Å². The molecular formula is C17H22N2O3Se. The van der Waals surface area contributed by atoms with Gasteiger partial charge in [-0.05, 0) is 0 Å². The predicted molar refractivity (Wildman–Crippen MR) is 92.1 cm³/mol. The van der Waals surface area contributed by atoms with Crippen molar-refractivity contribution in [3.63, 3.8) is 0 Å². The summed E-state index contributed by atoms with van der Waals surface area (Å²) in [6, 6.07) is 4.70. The Morgan fingerprint density at radius 3 is 2.65 bits per heavy atom. The van der Waals surface area contributed by atoms with E-state index in [-0.39, 0.29) is 17.4 Å². The third kappa shape index (κ3) is 3.77.